The Balaban J connectivity index is 0.000000158. The second-order valence-electron chi connectivity index (χ2n) is 8.98. The lowest BCUT2D eigenvalue weighted by molar-refractivity contribution is 1.31. The molecular weight excluding hydrogens is 518 g/mol. The van der Waals surface area contributed by atoms with Gasteiger partial charge >= 0.3 is 0 Å². The minimum Gasteiger partial charge on any atom is -0.355 e. The van der Waals surface area contributed by atoms with Crippen LogP contribution in [0.1, 0.15) is 22.8 Å². The lowest BCUT2D eigenvalue weighted by atomic mass is 10.3. The van der Waals surface area contributed by atoms with Gasteiger partial charge in [-0.2, -0.15) is 0 Å². The van der Waals surface area contributed by atoms with Gasteiger partial charge in [-0.15, -0.1) is 0 Å². The predicted molar refractivity (Wildman–Crippen MR) is 172 cm³/mol. The Morgan fingerprint density at radius 2 is 0.595 bits per heavy atom. The van der Waals surface area contributed by atoms with E-state index in [-0.39, 0.29) is 0 Å². The summed E-state index contributed by atoms with van der Waals surface area (Å²) in [5.41, 5.74) is 7.86. The zero-order valence-corrected chi connectivity index (χ0v) is 22.8. The molecule has 42 heavy (non-hydrogen) atoms. The fourth-order valence-electron chi connectivity index (χ4n) is 3.88. The molecule has 0 radical (unpaired) electrons. The Bertz CT molecular complexity index is 1550. The summed E-state index contributed by atoms with van der Waals surface area (Å²) < 4.78 is 0. The molecule has 204 valence electrons. The van der Waals surface area contributed by atoms with Crippen LogP contribution in [0.4, 0.5) is 0 Å². The number of rotatable bonds is 0. The van der Waals surface area contributed by atoms with Gasteiger partial charge in [-0.1, -0.05) is 18.2 Å². The molecule has 7 nitrogen and oxygen atoms in total. The van der Waals surface area contributed by atoms with Crippen LogP contribution >= 0.6 is 0 Å². The largest absolute Gasteiger partial charge is 0.355 e. The van der Waals surface area contributed by atoms with Crippen molar-refractivity contribution in [1.29, 1.82) is 0 Å². The molecule has 0 fully saturated rings. The Morgan fingerprint density at radius 3 is 0.786 bits per heavy atom. The second-order valence-corrected chi connectivity index (χ2v) is 8.98. The molecule has 0 aliphatic carbocycles. The third-order valence-corrected chi connectivity index (χ3v) is 5.74. The van der Waals surface area contributed by atoms with Gasteiger partial charge in [0.2, 0.25) is 0 Å². The summed E-state index contributed by atoms with van der Waals surface area (Å²) in [5, 5.41) is 0. The van der Waals surface area contributed by atoms with Gasteiger partial charge in [0.25, 0.3) is 0 Å². The highest BCUT2D eigenvalue weighted by molar-refractivity contribution is 5.77. The monoisotopic (exact) mass is 547 g/mol. The fraction of sp³-hybridized carbons (Fsp3) is 0. The highest BCUT2D eigenvalue weighted by Crippen LogP contribution is 2.16. The maximum Gasteiger partial charge on any atom is 0.0658 e. The molecule has 6 aromatic heterocycles. The zero-order valence-electron chi connectivity index (χ0n) is 22.8. The number of hydrogen-bond acceptors (Lipinski definition) is 5. The first-order valence-electron chi connectivity index (χ1n) is 13.4. The molecule has 0 atom stereocenters. The Hall–Kier alpha value is -5.95. The Kier molecular flexibility index (Phi) is 9.86. The van der Waals surface area contributed by atoms with Crippen LogP contribution in [0.2, 0.25) is 0 Å². The third-order valence-electron chi connectivity index (χ3n) is 5.74. The highest BCUT2D eigenvalue weighted by atomic mass is 14.8. The van der Waals surface area contributed by atoms with E-state index in [4.69, 9.17) is 0 Å². The van der Waals surface area contributed by atoms with Gasteiger partial charge in [-0.3, -0.25) is 15.0 Å². The molecule has 8 heterocycles. The van der Waals surface area contributed by atoms with Crippen LogP contribution in [-0.2, 0) is 0 Å². The van der Waals surface area contributed by atoms with Gasteiger partial charge < -0.3 is 9.97 Å². The SMILES string of the molecule is C1=Cc2cc3ccc(cc4nc(cc5ccc(cc1n2)[nH]5)C=C4)[nH]3.c1ccncc1.c1ccncc1.c1ccncc1. The van der Waals surface area contributed by atoms with E-state index in [1.807, 2.05) is 103 Å². The molecule has 0 spiro atoms. The van der Waals surface area contributed by atoms with Crippen molar-refractivity contribution >= 4 is 46.4 Å². The average Bonchev–Trinajstić information content (AvgIpc) is 3.88. The van der Waals surface area contributed by atoms with E-state index in [1.54, 1.807) is 37.2 Å². The van der Waals surface area contributed by atoms with Crippen LogP contribution in [0.3, 0.4) is 0 Å². The fourth-order valence-corrected chi connectivity index (χ4v) is 3.88. The van der Waals surface area contributed by atoms with Gasteiger partial charge in [0.05, 0.1) is 22.8 Å². The van der Waals surface area contributed by atoms with Crippen molar-refractivity contribution in [3.63, 3.8) is 0 Å². The molecule has 8 rings (SSSR count). The number of aromatic nitrogens is 7. The van der Waals surface area contributed by atoms with Crippen molar-refractivity contribution in [2.75, 3.05) is 0 Å². The second kappa shape index (κ2) is 15.0. The number of hydrogen-bond donors (Lipinski definition) is 2. The smallest absolute Gasteiger partial charge is 0.0658 e. The number of fused-ring (bicyclic) bond motifs is 8. The molecule has 0 saturated carbocycles. The van der Waals surface area contributed by atoms with Crippen molar-refractivity contribution in [3.05, 3.63) is 163 Å². The standard InChI is InChI=1S/C20H14N4.3C5H5N/c1-2-14-10-16-5-6-18(23-16)12-20-8-7-19(24-20)11-17-4-3-15(22-17)9-13(1)21-14;3*1-2-4-6-5-3-1/h1-12,21,24H;3*1-5H. The minimum atomic E-state index is 0.939. The number of nitrogens with one attached hydrogen (secondary N) is 2. The van der Waals surface area contributed by atoms with Crippen LogP contribution in [0.5, 0.6) is 0 Å². The minimum absolute atomic E-state index is 0.939. The van der Waals surface area contributed by atoms with E-state index >= 15 is 0 Å². The van der Waals surface area contributed by atoms with E-state index in [0.717, 1.165) is 44.8 Å². The van der Waals surface area contributed by atoms with Gasteiger partial charge in [0.15, 0.2) is 0 Å². The molecule has 2 aliphatic heterocycles. The summed E-state index contributed by atoms with van der Waals surface area (Å²) in [6, 6.07) is 33.5. The Morgan fingerprint density at radius 1 is 0.333 bits per heavy atom. The lowest BCUT2D eigenvalue weighted by Crippen LogP contribution is -1.75. The van der Waals surface area contributed by atoms with E-state index in [2.05, 4.69) is 59.2 Å². The van der Waals surface area contributed by atoms with Crippen LogP contribution in [-0.4, -0.2) is 34.9 Å². The van der Waals surface area contributed by atoms with Crippen LogP contribution in [0.25, 0.3) is 46.4 Å². The molecular formula is C35H29N7. The molecule has 2 aliphatic rings. The number of H-pyrrole nitrogens is 2. The Labute approximate surface area is 244 Å². The summed E-state index contributed by atoms with van der Waals surface area (Å²) in [6.45, 7) is 0. The van der Waals surface area contributed by atoms with Gasteiger partial charge in [-0.25, -0.2) is 9.97 Å². The predicted octanol–water partition coefficient (Wildman–Crippen LogP) is 7.90. The van der Waals surface area contributed by atoms with Gasteiger partial charge in [-0.05, 0) is 109 Å². The van der Waals surface area contributed by atoms with Crippen molar-refractivity contribution in [3.8, 4) is 0 Å². The quantitative estimate of drug-likeness (QED) is 0.201. The maximum atomic E-state index is 4.63. The summed E-state index contributed by atoms with van der Waals surface area (Å²) in [6.07, 6.45) is 18.6. The van der Waals surface area contributed by atoms with Crippen LogP contribution in [0, 0.1) is 0 Å². The van der Waals surface area contributed by atoms with Crippen molar-refractivity contribution in [1.82, 2.24) is 34.9 Å². The highest BCUT2D eigenvalue weighted by Gasteiger charge is 2.01. The molecule has 0 unspecified atom stereocenters. The first kappa shape index (κ1) is 27.6. The molecule has 0 aromatic carbocycles. The first-order chi connectivity index (χ1) is 20.8. The van der Waals surface area contributed by atoms with E-state index in [9.17, 15) is 0 Å². The molecule has 2 N–H and O–H groups in total. The normalized spacial score (nSPS) is 10.7. The van der Waals surface area contributed by atoms with Crippen molar-refractivity contribution < 1.29 is 0 Å². The maximum absolute atomic E-state index is 4.63. The first-order valence-corrected chi connectivity index (χ1v) is 13.4. The van der Waals surface area contributed by atoms with Gasteiger partial charge in [0.1, 0.15) is 0 Å². The molecule has 6 aromatic rings. The lowest BCUT2D eigenvalue weighted by Gasteiger charge is -1.85. The van der Waals surface area contributed by atoms with Crippen molar-refractivity contribution in [2.45, 2.75) is 0 Å². The topological polar surface area (TPSA) is 96.0 Å². The van der Waals surface area contributed by atoms with E-state index in [1.165, 1.54) is 0 Å². The van der Waals surface area contributed by atoms with E-state index in [0.29, 0.717) is 0 Å². The van der Waals surface area contributed by atoms with Crippen molar-refractivity contribution in [2.24, 2.45) is 0 Å². The zero-order chi connectivity index (χ0) is 28.7. The summed E-state index contributed by atoms with van der Waals surface area (Å²) >= 11 is 0. The number of nitrogens with zero attached hydrogens (tertiary/aromatic N) is 5. The van der Waals surface area contributed by atoms with E-state index < -0.39 is 0 Å². The summed E-state index contributed by atoms with van der Waals surface area (Å²) in [7, 11) is 0. The molecule has 0 saturated heterocycles. The third kappa shape index (κ3) is 9.07. The summed E-state index contributed by atoms with van der Waals surface area (Å²) in [5.74, 6) is 0. The molecule has 0 amide bonds. The number of pyridine rings is 3. The van der Waals surface area contributed by atoms with Crippen LogP contribution < -0.4 is 0 Å². The van der Waals surface area contributed by atoms with Crippen LogP contribution in [0.15, 0.2) is 140 Å². The van der Waals surface area contributed by atoms with Gasteiger partial charge in [0, 0.05) is 59.2 Å². The summed E-state index contributed by atoms with van der Waals surface area (Å²) in [4.78, 5) is 27.4. The molecule has 7 heteroatoms. The molecule has 8 bridgehead atoms. The average molecular weight is 548 g/mol. The number of aromatic amines is 2.